The topological polar surface area (TPSA) is 37.3 Å². The lowest BCUT2D eigenvalue weighted by molar-refractivity contribution is -0.138. The van der Waals surface area contributed by atoms with E-state index in [2.05, 4.69) is 40.7 Å². The monoisotopic (exact) mass is 456 g/mol. The Kier molecular flexibility index (Phi) is 7.84. The number of aliphatic hydroxyl groups is 1. The van der Waals surface area contributed by atoms with Crippen LogP contribution in [0.15, 0.2) is 11.6 Å². The zero-order chi connectivity index (χ0) is 23.8. The quantitative estimate of drug-likeness (QED) is 0.380. The molecule has 9 atom stereocenters. The molecule has 0 radical (unpaired) electrons. The van der Waals surface area contributed by atoms with Gasteiger partial charge in [0.1, 0.15) is 0 Å². The Morgan fingerprint density at radius 1 is 0.970 bits per heavy atom. The van der Waals surface area contributed by atoms with Gasteiger partial charge in [0.05, 0.1) is 6.10 Å². The molecule has 0 aromatic rings. The first-order chi connectivity index (χ1) is 15.9. The smallest absolute Gasteiger partial charge is 0.159 e. The van der Waals surface area contributed by atoms with Crippen molar-refractivity contribution in [3.05, 3.63) is 11.6 Å². The van der Waals surface area contributed by atoms with Crippen LogP contribution in [0.25, 0.3) is 0 Å². The standard InChI is InChI=1S/C31H52O2/c1-6-10-21(5)11-12-22(7-2)25-13-14-26-29-27(16-18-31(25,26)9-4)30(8-3)17-15-24(32)19-23(30)20-28(29)33/h20-22,24-27,29,32H,6-19H2,1-5H3/t21-,22-,24-,25+,26+,27-,29+,30-,31-/m1/s1. The molecule has 0 amide bonds. The van der Waals surface area contributed by atoms with E-state index < -0.39 is 0 Å². The third-order valence-corrected chi connectivity index (χ3v) is 11.6. The Labute approximate surface area is 204 Å². The van der Waals surface area contributed by atoms with Gasteiger partial charge in [-0.2, -0.15) is 0 Å². The molecule has 0 aromatic carbocycles. The highest BCUT2D eigenvalue weighted by molar-refractivity contribution is 5.94. The summed E-state index contributed by atoms with van der Waals surface area (Å²) in [5.41, 5.74) is 1.89. The summed E-state index contributed by atoms with van der Waals surface area (Å²) in [6.45, 7) is 12.0. The minimum atomic E-state index is -0.241. The molecular formula is C31H52O2. The predicted octanol–water partition coefficient (Wildman–Crippen LogP) is 8.13. The molecule has 0 heterocycles. The van der Waals surface area contributed by atoms with E-state index in [1.807, 2.05) is 0 Å². The minimum absolute atomic E-state index is 0.190. The summed E-state index contributed by atoms with van der Waals surface area (Å²) < 4.78 is 0. The zero-order valence-electron chi connectivity index (χ0n) is 22.4. The van der Waals surface area contributed by atoms with Gasteiger partial charge in [-0.3, -0.25) is 4.79 Å². The molecule has 188 valence electrons. The van der Waals surface area contributed by atoms with Crippen LogP contribution in [0.5, 0.6) is 0 Å². The summed E-state index contributed by atoms with van der Waals surface area (Å²) in [6, 6.07) is 0. The van der Waals surface area contributed by atoms with E-state index in [0.29, 0.717) is 23.0 Å². The summed E-state index contributed by atoms with van der Waals surface area (Å²) in [5.74, 6) is 4.30. The van der Waals surface area contributed by atoms with Gasteiger partial charge in [-0.25, -0.2) is 0 Å². The summed E-state index contributed by atoms with van der Waals surface area (Å²) in [4.78, 5) is 13.7. The van der Waals surface area contributed by atoms with Crippen molar-refractivity contribution in [3.63, 3.8) is 0 Å². The van der Waals surface area contributed by atoms with E-state index in [4.69, 9.17) is 0 Å². The molecule has 4 aliphatic rings. The summed E-state index contributed by atoms with van der Waals surface area (Å²) in [5, 5.41) is 10.4. The summed E-state index contributed by atoms with van der Waals surface area (Å²) >= 11 is 0. The SMILES string of the molecule is CCC[C@@H](C)CC[C@@H](CC)[C@@H]1CC[C@H]2[C@@H]3C(=O)C=C4C[C@H](O)CC[C@@]4(CC)[C@@H]3CC[C@]12CC. The number of carbonyl (C=O) groups is 1. The van der Waals surface area contributed by atoms with E-state index in [-0.39, 0.29) is 17.4 Å². The highest BCUT2D eigenvalue weighted by atomic mass is 16.3. The van der Waals surface area contributed by atoms with Crippen LogP contribution in [0.2, 0.25) is 0 Å². The molecule has 0 aromatic heterocycles. The van der Waals surface area contributed by atoms with Crippen molar-refractivity contribution in [3.8, 4) is 0 Å². The van der Waals surface area contributed by atoms with Crippen LogP contribution in [0, 0.1) is 46.3 Å². The number of aliphatic hydroxyl groups excluding tert-OH is 1. The van der Waals surface area contributed by atoms with E-state index in [0.717, 1.165) is 43.4 Å². The second-order valence-electron chi connectivity index (χ2n) is 12.7. The molecule has 0 spiro atoms. The lowest BCUT2D eigenvalue weighted by Crippen LogP contribution is -2.55. The van der Waals surface area contributed by atoms with Gasteiger partial charge in [0.2, 0.25) is 0 Å². The molecule has 4 rings (SSSR count). The van der Waals surface area contributed by atoms with Crippen molar-refractivity contribution >= 4 is 5.78 Å². The van der Waals surface area contributed by atoms with Gasteiger partial charge in [0, 0.05) is 5.92 Å². The third-order valence-electron chi connectivity index (χ3n) is 11.6. The largest absolute Gasteiger partial charge is 0.393 e. The normalized spacial score (nSPS) is 42.2. The molecule has 0 bridgehead atoms. The van der Waals surface area contributed by atoms with Gasteiger partial charge in [0.25, 0.3) is 0 Å². The average molecular weight is 457 g/mol. The molecule has 0 unspecified atom stereocenters. The molecule has 2 nitrogen and oxygen atoms in total. The zero-order valence-corrected chi connectivity index (χ0v) is 22.4. The fourth-order valence-corrected chi connectivity index (χ4v) is 9.95. The van der Waals surface area contributed by atoms with Crippen LogP contribution in [-0.2, 0) is 4.79 Å². The first-order valence-corrected chi connectivity index (χ1v) is 14.8. The second-order valence-corrected chi connectivity index (χ2v) is 12.7. The van der Waals surface area contributed by atoms with Gasteiger partial charge >= 0.3 is 0 Å². The number of rotatable bonds is 9. The molecule has 0 saturated heterocycles. The highest BCUT2D eigenvalue weighted by Crippen LogP contribution is 2.68. The maximum absolute atomic E-state index is 13.7. The van der Waals surface area contributed by atoms with E-state index in [1.165, 1.54) is 69.8 Å². The number of carbonyl (C=O) groups excluding carboxylic acids is 1. The van der Waals surface area contributed by atoms with Gasteiger partial charge in [-0.05, 0) is 111 Å². The van der Waals surface area contributed by atoms with Crippen molar-refractivity contribution in [2.24, 2.45) is 46.3 Å². The third kappa shape index (κ3) is 4.19. The van der Waals surface area contributed by atoms with Crippen LogP contribution in [0.1, 0.15) is 125 Å². The van der Waals surface area contributed by atoms with E-state index >= 15 is 0 Å². The molecule has 3 fully saturated rings. The Hall–Kier alpha value is -0.630. The lowest BCUT2D eigenvalue weighted by atomic mass is 9.44. The molecule has 0 aliphatic heterocycles. The molecular weight excluding hydrogens is 404 g/mol. The predicted molar refractivity (Wildman–Crippen MR) is 138 cm³/mol. The van der Waals surface area contributed by atoms with Crippen molar-refractivity contribution in [2.75, 3.05) is 0 Å². The van der Waals surface area contributed by atoms with Crippen molar-refractivity contribution in [2.45, 2.75) is 131 Å². The number of fused-ring (bicyclic) bond motifs is 5. The second kappa shape index (κ2) is 10.2. The average Bonchev–Trinajstić information content (AvgIpc) is 3.19. The summed E-state index contributed by atoms with van der Waals surface area (Å²) in [6.07, 6.45) is 18.9. The van der Waals surface area contributed by atoms with Crippen molar-refractivity contribution in [1.29, 1.82) is 0 Å². The van der Waals surface area contributed by atoms with Crippen molar-refractivity contribution in [1.82, 2.24) is 0 Å². The maximum Gasteiger partial charge on any atom is 0.159 e. The van der Waals surface area contributed by atoms with Crippen LogP contribution >= 0.6 is 0 Å². The lowest BCUT2D eigenvalue weighted by Gasteiger charge is -2.59. The maximum atomic E-state index is 13.7. The molecule has 1 N–H and O–H groups in total. The van der Waals surface area contributed by atoms with Gasteiger partial charge in [-0.1, -0.05) is 65.9 Å². The highest BCUT2D eigenvalue weighted by Gasteiger charge is 2.63. The Morgan fingerprint density at radius 3 is 2.42 bits per heavy atom. The summed E-state index contributed by atoms with van der Waals surface area (Å²) in [7, 11) is 0. The van der Waals surface area contributed by atoms with E-state index in [1.54, 1.807) is 0 Å². The first-order valence-electron chi connectivity index (χ1n) is 14.8. The number of allylic oxidation sites excluding steroid dienone is 1. The Balaban J connectivity index is 1.61. The number of hydrogen-bond donors (Lipinski definition) is 1. The number of ketones is 1. The molecule has 4 aliphatic carbocycles. The van der Waals surface area contributed by atoms with Gasteiger partial charge in [0.15, 0.2) is 5.78 Å². The van der Waals surface area contributed by atoms with Crippen LogP contribution in [0.3, 0.4) is 0 Å². The Bertz CT molecular complexity index is 724. The van der Waals surface area contributed by atoms with Gasteiger partial charge < -0.3 is 5.11 Å². The molecule has 2 heteroatoms. The fraction of sp³-hybridized carbons (Fsp3) is 0.903. The van der Waals surface area contributed by atoms with Crippen LogP contribution in [-0.4, -0.2) is 17.0 Å². The van der Waals surface area contributed by atoms with Crippen molar-refractivity contribution < 1.29 is 9.90 Å². The van der Waals surface area contributed by atoms with Gasteiger partial charge in [-0.15, -0.1) is 0 Å². The van der Waals surface area contributed by atoms with Crippen LogP contribution < -0.4 is 0 Å². The van der Waals surface area contributed by atoms with Crippen LogP contribution in [0.4, 0.5) is 0 Å². The first kappa shape index (κ1) is 25.5. The Morgan fingerprint density at radius 2 is 1.76 bits per heavy atom. The van der Waals surface area contributed by atoms with E-state index in [9.17, 15) is 9.90 Å². The fourth-order valence-electron chi connectivity index (χ4n) is 9.95. The molecule has 33 heavy (non-hydrogen) atoms. The number of hydrogen-bond acceptors (Lipinski definition) is 2. The molecule has 3 saturated carbocycles. The minimum Gasteiger partial charge on any atom is -0.393 e.